The first-order valence-corrected chi connectivity index (χ1v) is 20.6. The molecule has 1 fully saturated rings. The van der Waals surface area contributed by atoms with Crippen LogP contribution in [0.25, 0.3) is 10.9 Å². The first kappa shape index (κ1) is 43.9. The van der Waals surface area contributed by atoms with Crippen LogP contribution in [0.4, 0.5) is 0 Å². The van der Waals surface area contributed by atoms with Gasteiger partial charge in [0.25, 0.3) is 0 Å². The average Bonchev–Trinajstić information content (AvgIpc) is 3.65. The second kappa shape index (κ2) is 21.0. The fourth-order valence-electron chi connectivity index (χ4n) is 7.97. The Kier molecular flexibility index (Phi) is 15.6. The fourth-order valence-corrected chi connectivity index (χ4v) is 7.97. The van der Waals surface area contributed by atoms with Gasteiger partial charge in [-0.05, 0) is 73.6 Å². The van der Waals surface area contributed by atoms with Gasteiger partial charge in [0.15, 0.2) is 5.96 Å². The summed E-state index contributed by atoms with van der Waals surface area (Å²) in [5.41, 5.74) is 19.4. The minimum atomic E-state index is -1.24. The van der Waals surface area contributed by atoms with Crippen molar-refractivity contribution in [3.8, 4) is 0 Å². The number of H-pyrrole nitrogens is 1. The number of nitrogens with one attached hydrogen (secondary N) is 4. The van der Waals surface area contributed by atoms with Gasteiger partial charge in [0.05, 0.1) is 0 Å². The summed E-state index contributed by atoms with van der Waals surface area (Å²) in [4.78, 5) is 78.2. The number of nitrogens with two attached hydrogens (primary N) is 3. The van der Waals surface area contributed by atoms with E-state index in [4.69, 9.17) is 17.2 Å². The van der Waals surface area contributed by atoms with Crippen LogP contribution < -0.4 is 33.2 Å². The highest BCUT2D eigenvalue weighted by molar-refractivity contribution is 5.97. The summed E-state index contributed by atoms with van der Waals surface area (Å²) >= 11 is 0. The lowest BCUT2D eigenvalue weighted by Crippen LogP contribution is -2.64. The summed E-state index contributed by atoms with van der Waals surface area (Å²) in [5, 5.41) is 9.91. The number of primary amides is 1. The molecule has 0 spiro atoms. The molecule has 59 heavy (non-hydrogen) atoms. The molecular formula is C45H59N9O5. The van der Waals surface area contributed by atoms with Crippen molar-refractivity contribution in [3.63, 3.8) is 0 Å². The third-order valence-electron chi connectivity index (χ3n) is 11.4. The van der Waals surface area contributed by atoms with Crippen LogP contribution in [-0.4, -0.2) is 82.6 Å². The molecule has 314 valence electrons. The van der Waals surface area contributed by atoms with Crippen LogP contribution in [0, 0.1) is 0 Å². The molecule has 1 aliphatic carbocycles. The molecule has 1 saturated carbocycles. The highest BCUT2D eigenvalue weighted by atomic mass is 16.2. The van der Waals surface area contributed by atoms with E-state index in [2.05, 4.69) is 38.1 Å². The number of unbranched alkanes of at least 4 members (excludes halogenated alkanes) is 1. The maximum atomic E-state index is 14.6. The minimum Gasteiger partial charge on any atom is -0.370 e. The van der Waals surface area contributed by atoms with Crippen molar-refractivity contribution in [2.24, 2.45) is 22.2 Å². The second-order valence-electron chi connectivity index (χ2n) is 15.6. The molecular weight excluding hydrogens is 747 g/mol. The average molecular weight is 806 g/mol. The Bertz CT molecular complexity index is 2060. The second-order valence-corrected chi connectivity index (χ2v) is 15.6. The largest absolute Gasteiger partial charge is 0.370 e. The van der Waals surface area contributed by atoms with Crippen molar-refractivity contribution in [2.75, 3.05) is 13.6 Å². The Hall–Kier alpha value is -6.18. The third-order valence-corrected chi connectivity index (χ3v) is 11.4. The Balaban J connectivity index is 1.40. The molecule has 1 heterocycles. The number of nitrogens with zero attached hydrogens (tertiary/aromatic N) is 2. The van der Waals surface area contributed by atoms with Gasteiger partial charge in [0, 0.05) is 50.0 Å². The van der Waals surface area contributed by atoms with Crippen LogP contribution in [0.5, 0.6) is 0 Å². The molecule has 0 bridgehead atoms. The molecule has 5 rings (SSSR count). The van der Waals surface area contributed by atoms with Gasteiger partial charge in [-0.1, -0.05) is 92.2 Å². The quantitative estimate of drug-likeness (QED) is 0.0398. The van der Waals surface area contributed by atoms with Crippen LogP contribution in [-0.2, 0) is 36.8 Å². The summed E-state index contributed by atoms with van der Waals surface area (Å²) in [6.45, 7) is 2.19. The summed E-state index contributed by atoms with van der Waals surface area (Å²) in [6, 6.07) is 23.7. The topological polar surface area (TPSA) is 231 Å². The van der Waals surface area contributed by atoms with E-state index in [1.54, 1.807) is 6.20 Å². The Morgan fingerprint density at radius 1 is 0.847 bits per heavy atom. The summed E-state index contributed by atoms with van der Waals surface area (Å²) in [5.74, 6) is -2.42. The molecule has 3 aromatic carbocycles. The number of benzene rings is 3. The van der Waals surface area contributed by atoms with E-state index < -0.39 is 47.3 Å². The molecule has 1 aromatic heterocycles. The van der Waals surface area contributed by atoms with Crippen molar-refractivity contribution in [1.29, 1.82) is 0 Å². The fraction of sp³-hybridized carbons (Fsp3) is 0.422. The number of aromatic nitrogens is 1. The van der Waals surface area contributed by atoms with E-state index in [0.717, 1.165) is 28.5 Å². The number of likely N-dealkylation sites (N-methyl/N-ethyl adjacent to an activating group) is 1. The highest BCUT2D eigenvalue weighted by Crippen LogP contribution is 2.38. The Morgan fingerprint density at radius 2 is 1.51 bits per heavy atom. The van der Waals surface area contributed by atoms with Crippen molar-refractivity contribution < 1.29 is 24.0 Å². The molecule has 5 amide bonds. The van der Waals surface area contributed by atoms with Gasteiger partial charge in [-0.2, -0.15) is 0 Å². The highest BCUT2D eigenvalue weighted by Gasteiger charge is 2.45. The number of amides is 5. The zero-order valence-electron chi connectivity index (χ0n) is 34.1. The summed E-state index contributed by atoms with van der Waals surface area (Å²) < 4.78 is 0. The molecule has 0 saturated heterocycles. The molecule has 3 atom stereocenters. The lowest BCUT2D eigenvalue weighted by molar-refractivity contribution is -0.142. The first-order chi connectivity index (χ1) is 28.4. The number of guanidine groups is 1. The van der Waals surface area contributed by atoms with Crippen molar-refractivity contribution >= 4 is 46.4 Å². The molecule has 3 unspecified atom stereocenters. The third kappa shape index (κ3) is 11.9. The molecule has 0 radical (unpaired) electrons. The van der Waals surface area contributed by atoms with Gasteiger partial charge in [-0.25, -0.2) is 0 Å². The van der Waals surface area contributed by atoms with Gasteiger partial charge < -0.3 is 43.0 Å². The van der Waals surface area contributed by atoms with Crippen molar-refractivity contribution in [1.82, 2.24) is 25.8 Å². The van der Waals surface area contributed by atoms with Crippen LogP contribution in [0.15, 0.2) is 96.1 Å². The number of aliphatic imine (C=N–C) groups is 1. The van der Waals surface area contributed by atoms with Gasteiger partial charge in [-0.15, -0.1) is 0 Å². The van der Waals surface area contributed by atoms with E-state index in [-0.39, 0.29) is 50.0 Å². The van der Waals surface area contributed by atoms with Crippen molar-refractivity contribution in [3.05, 3.63) is 108 Å². The van der Waals surface area contributed by atoms with E-state index in [9.17, 15) is 24.0 Å². The number of carbonyl (C=O) groups excluding carboxylic acids is 5. The summed E-state index contributed by atoms with van der Waals surface area (Å²) in [6.07, 6.45) is 6.37. The maximum absolute atomic E-state index is 14.6. The Morgan fingerprint density at radius 3 is 2.17 bits per heavy atom. The van der Waals surface area contributed by atoms with E-state index in [0.29, 0.717) is 38.5 Å². The Labute approximate surface area is 346 Å². The van der Waals surface area contributed by atoms with Gasteiger partial charge in [0.2, 0.25) is 29.5 Å². The summed E-state index contributed by atoms with van der Waals surface area (Å²) in [7, 11) is 1.49. The van der Waals surface area contributed by atoms with E-state index in [1.165, 1.54) is 17.5 Å². The predicted octanol–water partition coefficient (Wildman–Crippen LogP) is 3.69. The van der Waals surface area contributed by atoms with Gasteiger partial charge in [-0.3, -0.25) is 29.0 Å². The standard InChI is InChI=1S/C45H59N9O5/c1-3-4-21-39(55)53-45(24-22-32(23-25-45)31-16-9-6-10-17-31)43(59)52-37(27-30-14-7-5-8-15-30)41(57)51-36(20-13-26-49-44(47)48)42(58)54(2)38(40(46)56)28-33-29-50-35-19-12-11-18-34(33)35/h5-12,14-19,29,32,36-38,50H,3-4,13,20-28H2,1-2H3,(H2,46,56)(H,51,57)(H,52,59)(H,53,55)(H4,47,48,49). The van der Waals surface area contributed by atoms with Crippen LogP contribution in [0.3, 0.4) is 0 Å². The molecule has 0 aliphatic heterocycles. The lowest BCUT2D eigenvalue weighted by Gasteiger charge is -2.40. The van der Waals surface area contributed by atoms with E-state index in [1.807, 2.05) is 79.7 Å². The zero-order valence-corrected chi connectivity index (χ0v) is 34.1. The van der Waals surface area contributed by atoms with Gasteiger partial charge in [0.1, 0.15) is 23.7 Å². The molecule has 14 heteroatoms. The van der Waals surface area contributed by atoms with Crippen molar-refractivity contribution in [2.45, 2.75) is 107 Å². The molecule has 14 nitrogen and oxygen atoms in total. The number of aromatic amines is 1. The zero-order chi connectivity index (χ0) is 42.4. The number of rotatable bonds is 20. The van der Waals surface area contributed by atoms with Crippen LogP contribution in [0.1, 0.15) is 87.3 Å². The maximum Gasteiger partial charge on any atom is 0.246 e. The number of fused-ring (bicyclic) bond motifs is 1. The van der Waals surface area contributed by atoms with Crippen LogP contribution in [0.2, 0.25) is 0 Å². The number of hydrogen-bond donors (Lipinski definition) is 7. The normalized spacial score (nSPS) is 17.8. The first-order valence-electron chi connectivity index (χ1n) is 20.6. The molecule has 4 aromatic rings. The van der Waals surface area contributed by atoms with Gasteiger partial charge >= 0.3 is 0 Å². The number of hydrogen-bond acceptors (Lipinski definition) is 6. The predicted molar refractivity (Wildman–Crippen MR) is 230 cm³/mol. The smallest absolute Gasteiger partial charge is 0.246 e. The molecule has 10 N–H and O–H groups in total. The lowest BCUT2D eigenvalue weighted by atomic mass is 9.73. The monoisotopic (exact) mass is 805 g/mol. The van der Waals surface area contributed by atoms with E-state index >= 15 is 0 Å². The number of carbonyl (C=O) groups is 5. The molecule has 1 aliphatic rings. The van der Waals surface area contributed by atoms with Crippen LogP contribution >= 0.6 is 0 Å². The number of para-hydroxylation sites is 1. The minimum absolute atomic E-state index is 0.110. The SMILES string of the molecule is CCCCC(=O)NC1(C(=O)NC(Cc2ccccc2)C(=O)NC(CCCN=C(N)N)C(=O)N(C)C(Cc2c[nH]c3ccccc23)C(N)=O)CCC(c2ccccc2)CC1.